The highest BCUT2D eigenvalue weighted by Gasteiger charge is 2.19. The normalized spacial score (nSPS) is 11.6. The summed E-state index contributed by atoms with van der Waals surface area (Å²) in [6.07, 6.45) is 1.74. The Kier molecular flexibility index (Phi) is 7.52. The van der Waals surface area contributed by atoms with E-state index in [0.29, 0.717) is 30.3 Å². The Morgan fingerprint density at radius 1 is 1.16 bits per heavy atom. The quantitative estimate of drug-likeness (QED) is 0.366. The van der Waals surface area contributed by atoms with Crippen LogP contribution in [0.5, 0.6) is 11.5 Å². The molecule has 1 N–H and O–H groups in total. The van der Waals surface area contributed by atoms with Crippen molar-refractivity contribution in [2.45, 2.75) is 45.9 Å². The molecule has 0 fully saturated rings. The van der Waals surface area contributed by atoms with Gasteiger partial charge in [0.2, 0.25) is 0 Å². The molecule has 3 aromatic rings. The van der Waals surface area contributed by atoms with Crippen LogP contribution in [0.3, 0.4) is 0 Å². The second kappa shape index (κ2) is 10.1. The topological polar surface area (TPSA) is 87.5 Å². The van der Waals surface area contributed by atoms with Crippen molar-refractivity contribution in [3.63, 3.8) is 0 Å². The first-order chi connectivity index (χ1) is 15.2. The zero-order valence-electron chi connectivity index (χ0n) is 19.7. The van der Waals surface area contributed by atoms with Crippen molar-refractivity contribution in [2.24, 2.45) is 0 Å². The van der Waals surface area contributed by atoms with Gasteiger partial charge in [0, 0.05) is 43.9 Å². The molecule has 8 nitrogen and oxygen atoms in total. The predicted octanol–water partition coefficient (Wildman–Crippen LogP) is 4.00. The van der Waals surface area contributed by atoms with Crippen molar-refractivity contribution >= 4 is 24.9 Å². The van der Waals surface area contributed by atoms with Crippen LogP contribution in [0, 0.1) is 6.92 Å². The first kappa shape index (κ1) is 23.7. The molecule has 32 heavy (non-hydrogen) atoms. The lowest BCUT2D eigenvalue weighted by atomic mass is 10.1. The molecule has 0 aliphatic rings. The lowest BCUT2D eigenvalue weighted by molar-refractivity contribution is 0.0804. The van der Waals surface area contributed by atoms with Crippen LogP contribution in [0.2, 0.25) is 25.7 Å². The van der Waals surface area contributed by atoms with Gasteiger partial charge in [-0.2, -0.15) is 5.10 Å². The number of carbonyl (C=O) groups is 1. The summed E-state index contributed by atoms with van der Waals surface area (Å²) in [5.41, 5.74) is 2.79. The Balaban J connectivity index is 1.77. The first-order valence-corrected chi connectivity index (χ1v) is 14.3. The minimum absolute atomic E-state index is 0.265. The number of ether oxygens (including phenoxy) is 3. The number of amides is 1. The minimum atomic E-state index is -1.18. The third-order valence-electron chi connectivity index (χ3n) is 5.13. The molecule has 1 aromatic carbocycles. The van der Waals surface area contributed by atoms with Gasteiger partial charge in [-0.15, -0.1) is 0 Å². The van der Waals surface area contributed by atoms with Crippen molar-refractivity contribution in [3.05, 3.63) is 47.4 Å². The second-order valence-corrected chi connectivity index (χ2v) is 14.5. The number of benzene rings is 1. The second-order valence-electron chi connectivity index (χ2n) is 8.90. The fraction of sp³-hybridized carbons (Fsp3) is 0.435. The van der Waals surface area contributed by atoms with Gasteiger partial charge in [-0.05, 0) is 31.2 Å². The SMILES string of the molecule is COc1ccc(CNC(=O)c2nn(COCC[Si](C)(C)C)c3cnc(C)cc23)c(OC)c1. The van der Waals surface area contributed by atoms with Gasteiger partial charge < -0.3 is 19.5 Å². The third-order valence-corrected chi connectivity index (χ3v) is 6.84. The van der Waals surface area contributed by atoms with E-state index in [1.54, 1.807) is 31.2 Å². The van der Waals surface area contributed by atoms with Gasteiger partial charge in [-0.3, -0.25) is 9.78 Å². The highest BCUT2D eigenvalue weighted by molar-refractivity contribution is 6.76. The number of aromatic nitrogens is 3. The van der Waals surface area contributed by atoms with E-state index in [-0.39, 0.29) is 12.6 Å². The molecule has 2 heterocycles. The fourth-order valence-electron chi connectivity index (χ4n) is 3.23. The number of hydrogen-bond donors (Lipinski definition) is 1. The lowest BCUT2D eigenvalue weighted by Gasteiger charge is -2.15. The molecule has 2 aromatic heterocycles. The largest absolute Gasteiger partial charge is 0.497 e. The van der Waals surface area contributed by atoms with Crippen molar-refractivity contribution in [2.75, 3.05) is 20.8 Å². The molecule has 0 aliphatic heterocycles. The van der Waals surface area contributed by atoms with Crippen LogP contribution in [-0.4, -0.2) is 49.6 Å². The van der Waals surface area contributed by atoms with Crippen molar-refractivity contribution in [3.8, 4) is 11.5 Å². The Hall–Kier alpha value is -2.91. The van der Waals surface area contributed by atoms with E-state index in [4.69, 9.17) is 14.2 Å². The summed E-state index contributed by atoms with van der Waals surface area (Å²) < 4.78 is 18.2. The molecule has 0 saturated carbocycles. The highest BCUT2D eigenvalue weighted by atomic mass is 28.3. The number of nitrogens with one attached hydrogen (secondary N) is 1. The van der Waals surface area contributed by atoms with E-state index >= 15 is 0 Å². The monoisotopic (exact) mass is 456 g/mol. The summed E-state index contributed by atoms with van der Waals surface area (Å²) in [7, 11) is 2.02. The molecule has 3 rings (SSSR count). The van der Waals surface area contributed by atoms with Crippen LogP contribution in [0.4, 0.5) is 0 Å². The van der Waals surface area contributed by atoms with Gasteiger partial charge in [-0.25, -0.2) is 4.68 Å². The number of carbonyl (C=O) groups excluding carboxylic acids is 1. The van der Waals surface area contributed by atoms with Crippen molar-refractivity contribution < 1.29 is 19.0 Å². The Morgan fingerprint density at radius 3 is 2.62 bits per heavy atom. The van der Waals surface area contributed by atoms with E-state index in [2.05, 4.69) is 35.0 Å². The molecular weight excluding hydrogens is 424 g/mol. The maximum atomic E-state index is 13.0. The van der Waals surface area contributed by atoms with Crippen LogP contribution in [0.1, 0.15) is 21.7 Å². The van der Waals surface area contributed by atoms with Crippen LogP contribution >= 0.6 is 0 Å². The smallest absolute Gasteiger partial charge is 0.272 e. The lowest BCUT2D eigenvalue weighted by Crippen LogP contribution is -2.24. The van der Waals surface area contributed by atoms with E-state index in [1.165, 1.54) is 0 Å². The molecule has 0 spiro atoms. The zero-order valence-corrected chi connectivity index (χ0v) is 20.7. The van der Waals surface area contributed by atoms with E-state index in [9.17, 15) is 4.79 Å². The maximum Gasteiger partial charge on any atom is 0.272 e. The van der Waals surface area contributed by atoms with Crippen LogP contribution < -0.4 is 14.8 Å². The standard InChI is InChI=1S/C23H32N4O4Si/c1-16-11-19-20(14-24-16)27(15-31-9-10-32(4,5)6)26-22(19)23(28)25-13-17-7-8-18(29-2)12-21(17)30-3/h7-8,11-12,14H,9-10,13,15H2,1-6H3,(H,25,28). The average Bonchev–Trinajstić information content (AvgIpc) is 3.11. The summed E-state index contributed by atoms with van der Waals surface area (Å²) in [6.45, 7) is 10.1. The highest BCUT2D eigenvalue weighted by Crippen LogP contribution is 2.25. The summed E-state index contributed by atoms with van der Waals surface area (Å²) in [6, 6.07) is 8.44. The molecule has 1 amide bonds. The van der Waals surface area contributed by atoms with Crippen LogP contribution in [0.25, 0.3) is 10.9 Å². The van der Waals surface area contributed by atoms with E-state index in [0.717, 1.165) is 28.2 Å². The van der Waals surface area contributed by atoms with Crippen molar-refractivity contribution in [1.82, 2.24) is 20.1 Å². The summed E-state index contributed by atoms with van der Waals surface area (Å²) in [4.78, 5) is 17.4. The van der Waals surface area contributed by atoms with Gasteiger partial charge in [0.25, 0.3) is 5.91 Å². The molecule has 0 aliphatic carbocycles. The van der Waals surface area contributed by atoms with E-state index in [1.807, 2.05) is 25.1 Å². The maximum absolute atomic E-state index is 13.0. The molecule has 0 saturated heterocycles. The van der Waals surface area contributed by atoms with Gasteiger partial charge in [0.15, 0.2) is 5.69 Å². The van der Waals surface area contributed by atoms with Crippen molar-refractivity contribution in [1.29, 1.82) is 0 Å². The Morgan fingerprint density at radius 2 is 1.94 bits per heavy atom. The molecular formula is C23H32N4O4Si. The number of aryl methyl sites for hydroxylation is 1. The van der Waals surface area contributed by atoms with Gasteiger partial charge >= 0.3 is 0 Å². The third kappa shape index (κ3) is 5.86. The molecule has 9 heteroatoms. The number of fused-ring (bicyclic) bond motifs is 1. The Labute approximate surface area is 189 Å². The number of hydrogen-bond acceptors (Lipinski definition) is 6. The minimum Gasteiger partial charge on any atom is -0.497 e. The summed E-state index contributed by atoms with van der Waals surface area (Å²) in [5, 5.41) is 8.25. The van der Waals surface area contributed by atoms with Gasteiger partial charge in [0.05, 0.1) is 25.9 Å². The van der Waals surface area contributed by atoms with Gasteiger partial charge in [0.1, 0.15) is 18.2 Å². The molecule has 172 valence electrons. The average molecular weight is 457 g/mol. The number of nitrogens with zero attached hydrogens (tertiary/aromatic N) is 3. The molecule has 0 unspecified atom stereocenters. The first-order valence-electron chi connectivity index (χ1n) is 10.6. The predicted molar refractivity (Wildman–Crippen MR) is 127 cm³/mol. The van der Waals surface area contributed by atoms with Crippen LogP contribution in [-0.2, 0) is 18.0 Å². The van der Waals surface area contributed by atoms with E-state index < -0.39 is 8.07 Å². The number of pyridine rings is 1. The van der Waals surface area contributed by atoms with Gasteiger partial charge in [-0.1, -0.05) is 19.6 Å². The molecule has 0 bridgehead atoms. The summed E-state index contributed by atoms with van der Waals surface area (Å²) >= 11 is 0. The number of methoxy groups -OCH3 is 2. The number of rotatable bonds is 10. The zero-order chi connectivity index (χ0) is 23.3. The Bertz CT molecular complexity index is 1090. The molecule has 0 radical (unpaired) electrons. The summed E-state index contributed by atoms with van der Waals surface area (Å²) in [5.74, 6) is 1.08. The fourth-order valence-corrected chi connectivity index (χ4v) is 3.99. The van der Waals surface area contributed by atoms with Crippen LogP contribution in [0.15, 0.2) is 30.5 Å². The molecule has 0 atom stereocenters.